The van der Waals surface area contributed by atoms with E-state index in [2.05, 4.69) is 9.46 Å². The molecule has 0 bridgehead atoms. The lowest BCUT2D eigenvalue weighted by molar-refractivity contribution is -0.140. The number of esters is 1. The SMILES string of the molecule is COC(=O)CCN(C)S(=O)(=O)NC(C)(C)CCO. The van der Waals surface area contributed by atoms with Gasteiger partial charge in [0.05, 0.1) is 13.5 Å². The zero-order valence-corrected chi connectivity index (χ0v) is 12.1. The van der Waals surface area contributed by atoms with Crippen LogP contribution in [0.2, 0.25) is 0 Å². The maximum Gasteiger partial charge on any atom is 0.306 e. The largest absolute Gasteiger partial charge is 0.469 e. The molecule has 0 rings (SSSR count). The van der Waals surface area contributed by atoms with Gasteiger partial charge in [-0.15, -0.1) is 0 Å². The Balaban J connectivity index is 4.49. The molecule has 2 N–H and O–H groups in total. The Morgan fingerprint density at radius 3 is 2.44 bits per heavy atom. The molecule has 0 atom stereocenters. The molecule has 0 aromatic heterocycles. The summed E-state index contributed by atoms with van der Waals surface area (Å²) in [5.74, 6) is -0.466. The zero-order valence-electron chi connectivity index (χ0n) is 11.3. The molecule has 0 aliphatic rings. The summed E-state index contributed by atoms with van der Waals surface area (Å²) in [5, 5.41) is 8.84. The fourth-order valence-electron chi connectivity index (χ4n) is 1.23. The Bertz CT molecular complexity index is 366. The van der Waals surface area contributed by atoms with Crippen molar-refractivity contribution in [3.63, 3.8) is 0 Å². The zero-order chi connectivity index (χ0) is 14.4. The fourth-order valence-corrected chi connectivity index (χ4v) is 2.52. The normalized spacial score (nSPS) is 12.8. The number of ether oxygens (including phenoxy) is 1. The van der Waals surface area contributed by atoms with E-state index in [1.165, 1.54) is 14.2 Å². The van der Waals surface area contributed by atoms with Gasteiger partial charge < -0.3 is 9.84 Å². The smallest absolute Gasteiger partial charge is 0.306 e. The van der Waals surface area contributed by atoms with Gasteiger partial charge in [-0.05, 0) is 20.3 Å². The third-order valence-electron chi connectivity index (χ3n) is 2.41. The lowest BCUT2D eigenvalue weighted by Crippen LogP contribution is -2.50. The Labute approximate surface area is 108 Å². The van der Waals surface area contributed by atoms with Gasteiger partial charge in [-0.25, -0.2) is 0 Å². The predicted octanol–water partition coefficient (Wildman–Crippen LogP) is -0.523. The van der Waals surface area contributed by atoms with E-state index in [-0.39, 0.29) is 19.6 Å². The first-order valence-corrected chi connectivity index (χ1v) is 7.01. The second-order valence-electron chi connectivity index (χ2n) is 4.61. The van der Waals surface area contributed by atoms with Crippen LogP contribution in [0, 0.1) is 0 Å². The standard InChI is InChI=1S/C10H22N2O5S/c1-10(2,6-8-13)11-18(15,16)12(3)7-5-9(14)17-4/h11,13H,5-8H2,1-4H3. The molecule has 0 aliphatic heterocycles. The molecule has 0 unspecified atom stereocenters. The summed E-state index contributed by atoms with van der Waals surface area (Å²) in [6.07, 6.45) is 0.297. The highest BCUT2D eigenvalue weighted by atomic mass is 32.2. The van der Waals surface area contributed by atoms with E-state index in [0.717, 1.165) is 4.31 Å². The highest BCUT2D eigenvalue weighted by Gasteiger charge is 2.27. The predicted molar refractivity (Wildman–Crippen MR) is 67.1 cm³/mol. The molecule has 0 aromatic rings. The van der Waals surface area contributed by atoms with Crippen LogP contribution in [0.4, 0.5) is 0 Å². The Hall–Kier alpha value is -0.700. The van der Waals surface area contributed by atoms with E-state index < -0.39 is 21.7 Å². The van der Waals surface area contributed by atoms with Crippen LogP contribution in [-0.2, 0) is 19.7 Å². The van der Waals surface area contributed by atoms with Gasteiger partial charge >= 0.3 is 5.97 Å². The van der Waals surface area contributed by atoms with E-state index in [1.54, 1.807) is 13.8 Å². The Morgan fingerprint density at radius 2 is 2.00 bits per heavy atom. The molecule has 108 valence electrons. The average molecular weight is 282 g/mol. The van der Waals surface area contributed by atoms with Crippen molar-refractivity contribution >= 4 is 16.2 Å². The van der Waals surface area contributed by atoms with E-state index in [4.69, 9.17) is 5.11 Å². The van der Waals surface area contributed by atoms with Gasteiger partial charge in [0, 0.05) is 25.7 Å². The number of aliphatic hydroxyl groups is 1. The molecule has 0 spiro atoms. The molecule has 0 radical (unpaired) electrons. The highest BCUT2D eigenvalue weighted by molar-refractivity contribution is 7.87. The summed E-state index contributed by atoms with van der Waals surface area (Å²) in [6.45, 7) is 3.28. The third kappa shape index (κ3) is 6.29. The molecule has 0 fully saturated rings. The maximum absolute atomic E-state index is 11.9. The highest BCUT2D eigenvalue weighted by Crippen LogP contribution is 2.11. The van der Waals surface area contributed by atoms with E-state index in [0.29, 0.717) is 6.42 Å². The third-order valence-corrected chi connectivity index (χ3v) is 4.22. The van der Waals surface area contributed by atoms with Crippen LogP contribution < -0.4 is 4.72 Å². The first-order chi connectivity index (χ1) is 8.14. The molecule has 0 saturated carbocycles. The van der Waals surface area contributed by atoms with Crippen LogP contribution in [0.1, 0.15) is 26.7 Å². The number of hydrogen-bond acceptors (Lipinski definition) is 5. The van der Waals surface area contributed by atoms with Crippen molar-refractivity contribution < 1.29 is 23.1 Å². The van der Waals surface area contributed by atoms with E-state index in [9.17, 15) is 13.2 Å². The molecule has 0 amide bonds. The molecular weight excluding hydrogens is 260 g/mol. The monoisotopic (exact) mass is 282 g/mol. The van der Waals surface area contributed by atoms with Gasteiger partial charge in [-0.3, -0.25) is 4.79 Å². The number of carbonyl (C=O) groups excluding carboxylic acids is 1. The van der Waals surface area contributed by atoms with Gasteiger partial charge in [0.25, 0.3) is 10.2 Å². The second-order valence-corrected chi connectivity index (χ2v) is 6.39. The van der Waals surface area contributed by atoms with Crippen LogP contribution >= 0.6 is 0 Å². The molecule has 18 heavy (non-hydrogen) atoms. The second kappa shape index (κ2) is 7.03. The van der Waals surface area contributed by atoms with Gasteiger partial charge in [0.1, 0.15) is 0 Å². The van der Waals surface area contributed by atoms with Crippen molar-refractivity contribution in [1.29, 1.82) is 0 Å². The molecule has 0 aromatic carbocycles. The first kappa shape index (κ1) is 17.3. The van der Waals surface area contributed by atoms with E-state index in [1.807, 2.05) is 0 Å². The minimum atomic E-state index is -3.68. The number of nitrogens with one attached hydrogen (secondary N) is 1. The van der Waals surface area contributed by atoms with Crippen molar-refractivity contribution in [3.8, 4) is 0 Å². The van der Waals surface area contributed by atoms with Crippen LogP contribution in [0.5, 0.6) is 0 Å². The molecular formula is C10H22N2O5S. The van der Waals surface area contributed by atoms with Crippen molar-refractivity contribution in [1.82, 2.24) is 9.03 Å². The van der Waals surface area contributed by atoms with Gasteiger partial charge in [-0.2, -0.15) is 17.4 Å². The van der Waals surface area contributed by atoms with Crippen LogP contribution in [0.25, 0.3) is 0 Å². The summed E-state index contributed by atoms with van der Waals surface area (Å²) >= 11 is 0. The topological polar surface area (TPSA) is 95.9 Å². The van der Waals surface area contributed by atoms with Gasteiger partial charge in [0.2, 0.25) is 0 Å². The fraction of sp³-hybridized carbons (Fsp3) is 0.900. The Morgan fingerprint density at radius 1 is 1.44 bits per heavy atom. The number of nitrogens with zero attached hydrogens (tertiary/aromatic N) is 1. The minimum absolute atomic E-state index is 0.00562. The summed E-state index contributed by atoms with van der Waals surface area (Å²) in [6, 6.07) is 0. The van der Waals surface area contributed by atoms with Crippen LogP contribution in [0.3, 0.4) is 0 Å². The molecule has 0 saturated heterocycles. The first-order valence-electron chi connectivity index (χ1n) is 5.57. The summed E-state index contributed by atoms with van der Waals surface area (Å²) in [5.41, 5.74) is -0.743. The van der Waals surface area contributed by atoms with Crippen molar-refractivity contribution in [3.05, 3.63) is 0 Å². The van der Waals surface area contributed by atoms with Crippen LogP contribution in [-0.4, -0.2) is 56.6 Å². The average Bonchev–Trinajstić information content (AvgIpc) is 2.23. The summed E-state index contributed by atoms with van der Waals surface area (Å²) in [4.78, 5) is 10.9. The summed E-state index contributed by atoms with van der Waals surface area (Å²) < 4.78 is 31.8. The summed E-state index contributed by atoms with van der Waals surface area (Å²) in [7, 11) is -1.05. The van der Waals surface area contributed by atoms with E-state index >= 15 is 0 Å². The number of carbonyl (C=O) groups is 1. The minimum Gasteiger partial charge on any atom is -0.469 e. The number of rotatable bonds is 8. The van der Waals surface area contributed by atoms with Crippen molar-refractivity contribution in [2.24, 2.45) is 0 Å². The maximum atomic E-state index is 11.9. The Kier molecular flexibility index (Phi) is 6.76. The van der Waals surface area contributed by atoms with Gasteiger partial charge in [0.15, 0.2) is 0 Å². The van der Waals surface area contributed by atoms with Crippen molar-refractivity contribution in [2.45, 2.75) is 32.2 Å². The number of methoxy groups -OCH3 is 1. The lowest BCUT2D eigenvalue weighted by atomic mass is 10.0. The quantitative estimate of drug-likeness (QED) is 0.584. The van der Waals surface area contributed by atoms with Crippen molar-refractivity contribution in [2.75, 3.05) is 27.3 Å². The molecule has 7 nitrogen and oxygen atoms in total. The van der Waals surface area contributed by atoms with Gasteiger partial charge in [-0.1, -0.05) is 0 Å². The number of aliphatic hydroxyl groups excluding tert-OH is 1. The molecule has 0 aliphatic carbocycles. The lowest BCUT2D eigenvalue weighted by Gasteiger charge is -2.28. The van der Waals surface area contributed by atoms with Crippen LogP contribution in [0.15, 0.2) is 0 Å². The molecule has 0 heterocycles. The number of hydrogen-bond donors (Lipinski definition) is 2. The molecule has 8 heteroatoms.